The lowest BCUT2D eigenvalue weighted by molar-refractivity contribution is 0.0947. The van der Waals surface area contributed by atoms with E-state index in [0.717, 1.165) is 11.0 Å². The zero-order valence-corrected chi connectivity index (χ0v) is 14.7. The van der Waals surface area contributed by atoms with Gasteiger partial charge in [-0.3, -0.25) is 4.79 Å². The van der Waals surface area contributed by atoms with Gasteiger partial charge in [0, 0.05) is 21.3 Å². The molecule has 2 nitrogen and oxygen atoms in total. The predicted octanol–water partition coefficient (Wildman–Crippen LogP) is 4.90. The van der Waals surface area contributed by atoms with Gasteiger partial charge in [0.2, 0.25) is 0 Å². The first-order valence-corrected chi connectivity index (χ1v) is 9.24. The Kier molecular flexibility index (Phi) is 5.82. The maximum atomic E-state index is 12.2. The lowest BCUT2D eigenvalue weighted by atomic mass is 9.88. The fraction of sp³-hybridized carbons (Fsp3) is 0.533. The van der Waals surface area contributed by atoms with Gasteiger partial charge in [0.15, 0.2) is 0 Å². The van der Waals surface area contributed by atoms with E-state index in [0.29, 0.717) is 10.6 Å². The van der Waals surface area contributed by atoms with Crippen molar-refractivity contribution in [2.45, 2.75) is 36.9 Å². The predicted molar refractivity (Wildman–Crippen MR) is 90.8 cm³/mol. The molecule has 1 aromatic rings. The molecule has 1 saturated carbocycles. The third kappa shape index (κ3) is 3.92. The highest BCUT2D eigenvalue weighted by Gasteiger charge is 2.31. The largest absolute Gasteiger partial charge is 0.351 e. The van der Waals surface area contributed by atoms with Gasteiger partial charge in [-0.1, -0.05) is 30.9 Å². The summed E-state index contributed by atoms with van der Waals surface area (Å²) in [5.41, 5.74) is 0.616. The average molecular weight is 377 g/mol. The highest BCUT2D eigenvalue weighted by atomic mass is 79.9. The summed E-state index contributed by atoms with van der Waals surface area (Å²) in [7, 11) is 0. The van der Waals surface area contributed by atoms with Crippen molar-refractivity contribution in [3.8, 4) is 0 Å². The minimum absolute atomic E-state index is 0.0431. The molecule has 0 unspecified atom stereocenters. The molecule has 1 N–H and O–H groups in total. The van der Waals surface area contributed by atoms with Gasteiger partial charge >= 0.3 is 0 Å². The highest BCUT2D eigenvalue weighted by Crippen LogP contribution is 2.38. The van der Waals surface area contributed by atoms with Crippen LogP contribution in [0.15, 0.2) is 22.7 Å². The maximum absolute atomic E-state index is 12.2. The lowest BCUT2D eigenvalue weighted by Gasteiger charge is -2.35. The van der Waals surface area contributed by atoms with Crippen molar-refractivity contribution in [2.75, 3.05) is 12.8 Å². The molecule has 1 fully saturated rings. The minimum atomic E-state index is -0.0431. The number of carbonyl (C=O) groups is 1. The van der Waals surface area contributed by atoms with E-state index in [1.807, 2.05) is 17.8 Å². The zero-order chi connectivity index (χ0) is 14.6. The molecule has 0 radical (unpaired) electrons. The van der Waals surface area contributed by atoms with Gasteiger partial charge < -0.3 is 5.32 Å². The molecule has 0 aromatic heterocycles. The van der Waals surface area contributed by atoms with Crippen LogP contribution >= 0.6 is 39.3 Å². The number of nitrogens with one attached hydrogen (secondary N) is 1. The Morgan fingerprint density at radius 2 is 2.10 bits per heavy atom. The molecule has 0 aliphatic heterocycles. The third-order valence-corrected chi connectivity index (χ3v) is 6.60. The second kappa shape index (κ2) is 7.19. The van der Waals surface area contributed by atoms with E-state index >= 15 is 0 Å². The average Bonchev–Trinajstić information content (AvgIpc) is 2.48. The van der Waals surface area contributed by atoms with Crippen LogP contribution in [0.5, 0.6) is 0 Å². The Hall–Kier alpha value is -0.190. The van der Waals surface area contributed by atoms with Crippen LogP contribution in [0, 0.1) is 0 Å². The monoisotopic (exact) mass is 375 g/mol. The van der Waals surface area contributed by atoms with Crippen molar-refractivity contribution < 1.29 is 4.79 Å². The number of hydrogen-bond donors (Lipinski definition) is 1. The van der Waals surface area contributed by atoms with Crippen LogP contribution in [0.25, 0.3) is 0 Å². The normalized spacial score (nSPS) is 17.8. The molecule has 0 saturated heterocycles. The fourth-order valence-electron chi connectivity index (χ4n) is 2.63. The minimum Gasteiger partial charge on any atom is -0.351 e. The quantitative estimate of drug-likeness (QED) is 0.810. The number of amides is 1. The molecule has 1 aliphatic rings. The summed E-state index contributed by atoms with van der Waals surface area (Å²) in [5.74, 6) is -0.0431. The Labute approximate surface area is 138 Å². The second-order valence-electron chi connectivity index (χ2n) is 5.26. The smallest absolute Gasteiger partial charge is 0.251 e. The van der Waals surface area contributed by atoms with Crippen molar-refractivity contribution in [1.29, 1.82) is 0 Å². The molecule has 1 aliphatic carbocycles. The van der Waals surface area contributed by atoms with Crippen LogP contribution in [0.2, 0.25) is 5.02 Å². The summed E-state index contributed by atoms with van der Waals surface area (Å²) in [6, 6.07) is 5.30. The Morgan fingerprint density at radius 1 is 1.40 bits per heavy atom. The summed E-state index contributed by atoms with van der Waals surface area (Å²) in [6.45, 7) is 0.737. The van der Waals surface area contributed by atoms with E-state index in [1.165, 1.54) is 32.1 Å². The summed E-state index contributed by atoms with van der Waals surface area (Å²) < 4.78 is 1.02. The Balaban J connectivity index is 1.98. The lowest BCUT2D eigenvalue weighted by Crippen LogP contribution is -2.41. The number of rotatable bonds is 4. The molecule has 0 atom stereocenters. The van der Waals surface area contributed by atoms with Crippen LogP contribution in [0.3, 0.4) is 0 Å². The van der Waals surface area contributed by atoms with Gasteiger partial charge in [-0.2, -0.15) is 11.8 Å². The summed E-state index contributed by atoms with van der Waals surface area (Å²) in [5, 5.41) is 3.64. The maximum Gasteiger partial charge on any atom is 0.251 e. The van der Waals surface area contributed by atoms with E-state index in [-0.39, 0.29) is 10.7 Å². The van der Waals surface area contributed by atoms with Crippen molar-refractivity contribution in [1.82, 2.24) is 5.32 Å². The number of hydrogen-bond acceptors (Lipinski definition) is 2. The molecule has 1 aromatic carbocycles. The van der Waals surface area contributed by atoms with Gasteiger partial charge in [-0.05, 0) is 53.2 Å². The number of thioether (sulfide) groups is 1. The number of halogens is 2. The van der Waals surface area contributed by atoms with Crippen molar-refractivity contribution in [3.63, 3.8) is 0 Å². The molecular formula is C15H19BrClNOS. The first kappa shape index (κ1) is 16.2. The van der Waals surface area contributed by atoms with Crippen molar-refractivity contribution >= 4 is 45.2 Å². The van der Waals surface area contributed by atoms with Crippen LogP contribution < -0.4 is 5.32 Å². The Morgan fingerprint density at radius 3 is 2.70 bits per heavy atom. The molecule has 0 heterocycles. The molecule has 0 spiro atoms. The van der Waals surface area contributed by atoms with E-state index in [4.69, 9.17) is 11.6 Å². The van der Waals surface area contributed by atoms with Crippen LogP contribution in [-0.4, -0.2) is 23.5 Å². The van der Waals surface area contributed by atoms with Gasteiger partial charge in [0.05, 0.1) is 5.02 Å². The van der Waals surface area contributed by atoms with Gasteiger partial charge in [-0.15, -0.1) is 0 Å². The van der Waals surface area contributed by atoms with E-state index < -0.39 is 0 Å². The second-order valence-corrected chi connectivity index (χ2v) is 7.80. The summed E-state index contributed by atoms with van der Waals surface area (Å²) in [6.07, 6.45) is 8.37. The zero-order valence-electron chi connectivity index (χ0n) is 11.5. The van der Waals surface area contributed by atoms with Crippen molar-refractivity contribution in [3.05, 3.63) is 33.3 Å². The van der Waals surface area contributed by atoms with Gasteiger partial charge in [-0.25, -0.2) is 0 Å². The number of benzene rings is 1. The molecule has 1 amide bonds. The van der Waals surface area contributed by atoms with Crippen LogP contribution in [0.4, 0.5) is 0 Å². The van der Waals surface area contributed by atoms with Crippen molar-refractivity contribution in [2.24, 2.45) is 0 Å². The third-order valence-electron chi connectivity index (χ3n) is 3.95. The molecule has 0 bridgehead atoms. The van der Waals surface area contributed by atoms with Gasteiger partial charge in [0.1, 0.15) is 0 Å². The summed E-state index contributed by atoms with van der Waals surface area (Å²) in [4.78, 5) is 12.2. The summed E-state index contributed by atoms with van der Waals surface area (Å²) >= 11 is 11.3. The van der Waals surface area contributed by atoms with E-state index in [1.54, 1.807) is 12.1 Å². The first-order chi connectivity index (χ1) is 9.56. The highest BCUT2D eigenvalue weighted by molar-refractivity contribution is 9.10. The van der Waals surface area contributed by atoms with Crippen LogP contribution in [-0.2, 0) is 0 Å². The molecule has 2 rings (SSSR count). The fourth-order valence-corrected chi connectivity index (χ4v) is 3.97. The first-order valence-electron chi connectivity index (χ1n) is 6.85. The Bertz CT molecular complexity index is 489. The van der Waals surface area contributed by atoms with E-state index in [2.05, 4.69) is 27.5 Å². The molecular weight excluding hydrogens is 358 g/mol. The molecule has 5 heteroatoms. The topological polar surface area (TPSA) is 29.1 Å². The number of carbonyl (C=O) groups excluding carboxylic acids is 1. The molecule has 20 heavy (non-hydrogen) atoms. The van der Waals surface area contributed by atoms with Crippen LogP contribution in [0.1, 0.15) is 42.5 Å². The van der Waals surface area contributed by atoms with E-state index in [9.17, 15) is 4.79 Å². The standard InChI is InChI=1S/C15H19BrClNOS/c1-20-15(7-3-2-4-8-15)10-18-14(19)11-5-6-12(16)13(17)9-11/h5-6,9H,2-4,7-8,10H2,1H3,(H,18,19). The SMILES string of the molecule is CSC1(CNC(=O)c2ccc(Br)c(Cl)c2)CCCCC1. The molecule has 110 valence electrons. The van der Waals surface area contributed by atoms with Gasteiger partial charge in [0.25, 0.3) is 5.91 Å².